The highest BCUT2D eigenvalue weighted by Crippen LogP contribution is 2.27. The van der Waals surface area contributed by atoms with Crippen LogP contribution in [0.3, 0.4) is 0 Å². The second-order valence-corrected chi connectivity index (χ2v) is 15.7. The standard InChI is InChI=1S/C16H30O2.C14H22O4.C12H20O2.C12H20/c1-4-14(9-11-17)7-8-15(5-2)13-16(6-3)10-12-18;1-4-10(9-12(6-3)14(17)18)7-8-11(5-2)13(15)16;1-2-12(9-5-7-11-14)8-4-3-6-10-13;1-4-7-9-11-12(6-3)10-8-5-2/h4,6,14-18H,1,3,5,7-13H2,2H3;4-5,10-12H,1-2,6-9H2,3H3,(H,15,16)(H,17,18);2-3,5-7,12-14H,1,4,8-11H2;4-6,12H,1-3,7-11H2/b;;6-3-,7-5+;. The minimum atomic E-state index is -0.891. The van der Waals surface area contributed by atoms with Gasteiger partial charge in [-0.3, -0.25) is 9.59 Å². The first-order valence-electron chi connectivity index (χ1n) is 23.0. The van der Waals surface area contributed by atoms with Gasteiger partial charge in [0.15, 0.2) is 0 Å². The zero-order valence-corrected chi connectivity index (χ0v) is 39.3. The highest BCUT2D eigenvalue weighted by molar-refractivity contribution is 5.72. The van der Waals surface area contributed by atoms with Crippen LogP contribution in [0.4, 0.5) is 0 Å². The number of aliphatic hydroxyl groups excluding tert-OH is 4. The summed E-state index contributed by atoms with van der Waals surface area (Å²) in [7, 11) is 0. The van der Waals surface area contributed by atoms with Gasteiger partial charge in [-0.25, -0.2) is 0 Å². The zero-order chi connectivity index (χ0) is 47.8. The highest BCUT2D eigenvalue weighted by Gasteiger charge is 2.21. The fourth-order valence-electron chi connectivity index (χ4n) is 6.70. The van der Waals surface area contributed by atoms with Crippen molar-refractivity contribution in [2.24, 2.45) is 47.3 Å². The van der Waals surface area contributed by atoms with E-state index >= 15 is 0 Å². The van der Waals surface area contributed by atoms with E-state index in [0.29, 0.717) is 55.3 Å². The van der Waals surface area contributed by atoms with Gasteiger partial charge in [0, 0.05) is 13.2 Å². The summed E-state index contributed by atoms with van der Waals surface area (Å²) in [5.41, 5.74) is 0. The van der Waals surface area contributed by atoms with Crippen molar-refractivity contribution in [3.8, 4) is 0 Å². The molecule has 0 spiro atoms. The van der Waals surface area contributed by atoms with Gasteiger partial charge in [0.2, 0.25) is 0 Å². The van der Waals surface area contributed by atoms with E-state index in [1.807, 2.05) is 49.5 Å². The van der Waals surface area contributed by atoms with Crippen molar-refractivity contribution in [2.75, 3.05) is 26.4 Å². The number of hydrogen-bond donors (Lipinski definition) is 6. The molecule has 0 heterocycles. The first-order chi connectivity index (χ1) is 29.9. The van der Waals surface area contributed by atoms with Crippen molar-refractivity contribution in [1.29, 1.82) is 0 Å². The van der Waals surface area contributed by atoms with Crippen molar-refractivity contribution in [2.45, 2.75) is 129 Å². The summed E-state index contributed by atoms with van der Waals surface area (Å²) in [6.45, 7) is 34.6. The van der Waals surface area contributed by atoms with Crippen LogP contribution < -0.4 is 0 Å². The molecule has 8 unspecified atom stereocenters. The van der Waals surface area contributed by atoms with Crippen LogP contribution in [0.5, 0.6) is 0 Å². The Morgan fingerprint density at radius 2 is 0.968 bits per heavy atom. The SMILES string of the molecule is C=CC(C/C=C/CO)CC/C=C\CO.C=CC(CCC(C=C)C(=O)O)CC(CC)C(=O)O.C=CC(CCO)CCC(CC)CC(C=C)CCO.C=CCCCC(C=C)CCC=C. The van der Waals surface area contributed by atoms with Gasteiger partial charge in [0.25, 0.3) is 0 Å². The molecule has 0 saturated carbocycles. The third-order valence-electron chi connectivity index (χ3n) is 11.1. The van der Waals surface area contributed by atoms with E-state index in [-0.39, 0.29) is 38.3 Å². The average molecular weight is 869 g/mol. The number of aliphatic hydroxyl groups is 4. The van der Waals surface area contributed by atoms with E-state index in [9.17, 15) is 9.59 Å². The Balaban J connectivity index is -0.000000366. The van der Waals surface area contributed by atoms with E-state index in [1.54, 1.807) is 18.2 Å². The number of aliphatic carboxylic acids is 2. The quantitative estimate of drug-likeness (QED) is 0.0265. The van der Waals surface area contributed by atoms with Crippen LogP contribution in [0.1, 0.15) is 129 Å². The Hall–Kier alpha value is -3.82. The number of rotatable bonds is 38. The molecule has 356 valence electrons. The predicted octanol–water partition coefficient (Wildman–Crippen LogP) is 12.7. The Morgan fingerprint density at radius 3 is 1.42 bits per heavy atom. The molecule has 0 aliphatic rings. The van der Waals surface area contributed by atoms with Gasteiger partial charge >= 0.3 is 11.9 Å². The molecule has 0 aromatic carbocycles. The Bertz CT molecular complexity index is 1200. The molecule has 0 aromatic heterocycles. The average Bonchev–Trinajstić information content (AvgIpc) is 3.27. The Labute approximate surface area is 379 Å². The minimum absolute atomic E-state index is 0.0350. The van der Waals surface area contributed by atoms with E-state index in [4.69, 9.17) is 30.6 Å². The fourth-order valence-corrected chi connectivity index (χ4v) is 6.70. The summed E-state index contributed by atoms with van der Waals surface area (Å²) in [6, 6.07) is 0. The smallest absolute Gasteiger partial charge is 0.310 e. The molecule has 0 aliphatic heterocycles. The fraction of sp³-hybridized carbons (Fsp3) is 0.593. The van der Waals surface area contributed by atoms with E-state index in [1.165, 1.54) is 38.2 Å². The van der Waals surface area contributed by atoms with E-state index in [2.05, 4.69) is 65.6 Å². The first kappa shape index (κ1) is 64.8. The molecule has 62 heavy (non-hydrogen) atoms. The molecule has 0 bridgehead atoms. The van der Waals surface area contributed by atoms with Gasteiger partial charge in [-0.05, 0) is 145 Å². The molecule has 8 nitrogen and oxygen atoms in total. The van der Waals surface area contributed by atoms with Crippen molar-refractivity contribution < 1.29 is 40.2 Å². The Morgan fingerprint density at radius 1 is 0.468 bits per heavy atom. The van der Waals surface area contributed by atoms with Crippen LogP contribution in [-0.4, -0.2) is 69.0 Å². The number of unbranched alkanes of at least 4 members (excludes halogenated alkanes) is 1. The topological polar surface area (TPSA) is 156 Å². The van der Waals surface area contributed by atoms with Crippen LogP contribution >= 0.6 is 0 Å². The Kier molecular flexibility index (Phi) is 52.1. The molecule has 0 amide bonds. The van der Waals surface area contributed by atoms with E-state index < -0.39 is 17.9 Å². The predicted molar refractivity (Wildman–Crippen MR) is 266 cm³/mol. The zero-order valence-electron chi connectivity index (χ0n) is 39.3. The normalized spacial score (nSPS) is 14.5. The number of allylic oxidation sites excluding steroid dienone is 9. The van der Waals surface area contributed by atoms with Crippen LogP contribution in [0.25, 0.3) is 0 Å². The van der Waals surface area contributed by atoms with Gasteiger partial charge in [0.05, 0.1) is 25.0 Å². The monoisotopic (exact) mass is 869 g/mol. The minimum Gasteiger partial charge on any atom is -0.481 e. The molecular formula is C54H92O8. The van der Waals surface area contributed by atoms with Crippen molar-refractivity contribution in [3.63, 3.8) is 0 Å². The third kappa shape index (κ3) is 41.5. The molecular weight excluding hydrogens is 777 g/mol. The lowest BCUT2D eigenvalue weighted by atomic mass is 9.85. The van der Waals surface area contributed by atoms with Gasteiger partial charge in [-0.1, -0.05) is 93.2 Å². The number of carboxylic acids is 2. The maximum Gasteiger partial charge on any atom is 0.310 e. The lowest BCUT2D eigenvalue weighted by Crippen LogP contribution is -2.18. The molecule has 8 atom stereocenters. The largest absolute Gasteiger partial charge is 0.481 e. The van der Waals surface area contributed by atoms with Crippen molar-refractivity contribution in [3.05, 3.63) is 126 Å². The maximum atomic E-state index is 10.9. The summed E-state index contributed by atoms with van der Waals surface area (Å²) in [6.07, 6.45) is 39.7. The number of carboxylic acid groups (broad SMARTS) is 2. The number of hydrogen-bond acceptors (Lipinski definition) is 6. The van der Waals surface area contributed by atoms with Gasteiger partial charge < -0.3 is 30.6 Å². The summed E-state index contributed by atoms with van der Waals surface area (Å²) >= 11 is 0. The van der Waals surface area contributed by atoms with Crippen LogP contribution in [0, 0.1) is 47.3 Å². The van der Waals surface area contributed by atoms with Crippen molar-refractivity contribution >= 4 is 11.9 Å². The summed E-state index contributed by atoms with van der Waals surface area (Å²) in [5, 5.41) is 52.9. The van der Waals surface area contributed by atoms with Gasteiger partial charge in [-0.15, -0.1) is 52.6 Å². The first-order valence-corrected chi connectivity index (χ1v) is 23.0. The lowest BCUT2D eigenvalue weighted by Gasteiger charge is -2.21. The molecule has 0 fully saturated rings. The van der Waals surface area contributed by atoms with Crippen LogP contribution in [0.15, 0.2) is 126 Å². The summed E-state index contributed by atoms with van der Waals surface area (Å²) in [4.78, 5) is 21.8. The maximum absolute atomic E-state index is 10.9. The molecule has 0 aliphatic carbocycles. The van der Waals surface area contributed by atoms with Gasteiger partial charge in [-0.2, -0.15) is 0 Å². The molecule has 0 saturated heterocycles. The number of carbonyl (C=O) groups is 2. The lowest BCUT2D eigenvalue weighted by molar-refractivity contribution is -0.143. The molecule has 0 aromatic rings. The highest BCUT2D eigenvalue weighted by atomic mass is 16.4. The van der Waals surface area contributed by atoms with Crippen molar-refractivity contribution in [1.82, 2.24) is 0 Å². The molecule has 6 N–H and O–H groups in total. The molecule has 0 rings (SSSR count). The van der Waals surface area contributed by atoms with Crippen LogP contribution in [-0.2, 0) is 9.59 Å². The summed E-state index contributed by atoms with van der Waals surface area (Å²) in [5.74, 6) is 0.0555. The van der Waals surface area contributed by atoms with Gasteiger partial charge in [0.1, 0.15) is 0 Å². The molecule has 8 heteroatoms. The second kappa shape index (κ2) is 49.8. The molecule has 0 radical (unpaired) electrons. The summed E-state index contributed by atoms with van der Waals surface area (Å²) < 4.78 is 0. The second-order valence-electron chi connectivity index (χ2n) is 15.7. The van der Waals surface area contributed by atoms with Crippen LogP contribution in [0.2, 0.25) is 0 Å². The third-order valence-corrected chi connectivity index (χ3v) is 11.1. The van der Waals surface area contributed by atoms with E-state index in [0.717, 1.165) is 57.8 Å².